The van der Waals surface area contributed by atoms with Crippen LogP contribution in [-0.4, -0.2) is 50.6 Å². The molecule has 4 aromatic carbocycles. The molecule has 1 aliphatic heterocycles. The predicted molar refractivity (Wildman–Crippen MR) is 175 cm³/mol. The second-order valence-electron chi connectivity index (χ2n) is 10.1. The van der Waals surface area contributed by atoms with E-state index in [2.05, 4.69) is 10.2 Å². The third-order valence-corrected chi connectivity index (χ3v) is 8.63. The fourth-order valence-corrected chi connectivity index (χ4v) is 6.23. The Balaban J connectivity index is 1.14. The van der Waals surface area contributed by atoms with E-state index in [-0.39, 0.29) is 27.7 Å². The molecule has 46 heavy (non-hydrogen) atoms. The van der Waals surface area contributed by atoms with Gasteiger partial charge in [-0.05, 0) is 42.5 Å². The third kappa shape index (κ3) is 6.69. The largest absolute Gasteiger partial charge is 0.454 e. The molecule has 0 N–H and O–H groups in total. The number of thioether (sulfide) groups is 1. The summed E-state index contributed by atoms with van der Waals surface area (Å²) in [4.78, 5) is 57.2. The lowest BCUT2D eigenvalue weighted by molar-refractivity contribution is -0.121. The fourth-order valence-electron chi connectivity index (χ4n) is 4.80. The number of anilines is 1. The number of Topliss-reactive ketones (excluding diaryl/α,β-unsaturated/α-hetero) is 1. The van der Waals surface area contributed by atoms with Gasteiger partial charge in [0, 0.05) is 28.1 Å². The molecule has 1 atom stereocenters. The molecule has 9 nitrogen and oxygen atoms in total. The van der Waals surface area contributed by atoms with Gasteiger partial charge in [0.2, 0.25) is 22.8 Å². The summed E-state index contributed by atoms with van der Waals surface area (Å²) in [5.74, 6) is -2.09. The molecular formula is C34H22Cl2N4O5S. The SMILES string of the molecule is O=C(OCC(=O)c1ccc(Cl)cc1Cl)c1ccc(N2C(=O)CC(Sc3nnc(-c4ccccc4)c(-c4ccccc4)n3)C2=O)cc1. The lowest BCUT2D eigenvalue weighted by Gasteiger charge is -2.15. The van der Waals surface area contributed by atoms with Gasteiger partial charge >= 0.3 is 5.97 Å². The van der Waals surface area contributed by atoms with Gasteiger partial charge in [-0.3, -0.25) is 14.4 Å². The summed E-state index contributed by atoms with van der Waals surface area (Å²) in [6.07, 6.45) is -0.0624. The molecule has 1 aromatic heterocycles. The van der Waals surface area contributed by atoms with Crippen LogP contribution in [0.15, 0.2) is 108 Å². The van der Waals surface area contributed by atoms with Crippen molar-refractivity contribution in [3.63, 3.8) is 0 Å². The number of hydrogen-bond donors (Lipinski definition) is 0. The molecule has 0 saturated carbocycles. The highest BCUT2D eigenvalue weighted by Crippen LogP contribution is 2.35. The minimum atomic E-state index is -0.768. The van der Waals surface area contributed by atoms with Crippen LogP contribution in [0.25, 0.3) is 22.5 Å². The highest BCUT2D eigenvalue weighted by atomic mass is 35.5. The standard InChI is InChI=1S/C34H22Cl2N4O5S/c35-23-13-16-25(26(36)17-23)27(41)19-45-33(44)22-11-14-24(15-12-22)40-29(42)18-28(32(40)43)46-34-37-30(20-7-3-1-4-8-20)31(38-39-34)21-9-5-2-6-10-21/h1-17,28H,18-19H2. The van der Waals surface area contributed by atoms with Crippen LogP contribution in [0.4, 0.5) is 5.69 Å². The topological polar surface area (TPSA) is 119 Å². The number of carbonyl (C=O) groups is 4. The first kappa shape index (κ1) is 31.1. The molecule has 0 aliphatic carbocycles. The number of aromatic nitrogens is 3. The first-order valence-electron chi connectivity index (χ1n) is 13.9. The highest BCUT2D eigenvalue weighted by molar-refractivity contribution is 8.00. The van der Waals surface area contributed by atoms with E-state index in [1.165, 1.54) is 42.5 Å². The maximum atomic E-state index is 13.4. The van der Waals surface area contributed by atoms with Gasteiger partial charge in [0.1, 0.15) is 16.6 Å². The lowest BCUT2D eigenvalue weighted by atomic mass is 10.0. The van der Waals surface area contributed by atoms with Crippen LogP contribution in [0, 0.1) is 0 Å². The number of carbonyl (C=O) groups excluding carboxylic acids is 4. The Kier molecular flexibility index (Phi) is 9.20. The Labute approximate surface area is 277 Å². The summed E-state index contributed by atoms with van der Waals surface area (Å²) in [6, 6.07) is 29.3. The molecule has 0 radical (unpaired) electrons. The molecule has 1 saturated heterocycles. The first-order chi connectivity index (χ1) is 22.3. The average molecular weight is 670 g/mol. The minimum Gasteiger partial charge on any atom is -0.454 e. The Morgan fingerprint density at radius 1 is 0.826 bits per heavy atom. The van der Waals surface area contributed by atoms with Gasteiger partial charge in [0.05, 0.1) is 16.3 Å². The van der Waals surface area contributed by atoms with Crippen molar-refractivity contribution in [2.24, 2.45) is 0 Å². The van der Waals surface area contributed by atoms with Crippen LogP contribution in [-0.2, 0) is 14.3 Å². The van der Waals surface area contributed by atoms with Crippen LogP contribution in [0.5, 0.6) is 0 Å². The fraction of sp³-hybridized carbons (Fsp3) is 0.0882. The molecule has 5 aromatic rings. The van der Waals surface area contributed by atoms with Crippen LogP contribution >= 0.6 is 35.0 Å². The van der Waals surface area contributed by atoms with Gasteiger partial charge in [-0.1, -0.05) is 95.6 Å². The second kappa shape index (κ2) is 13.6. The van der Waals surface area contributed by atoms with Gasteiger partial charge in [-0.2, -0.15) is 0 Å². The smallest absolute Gasteiger partial charge is 0.338 e. The zero-order chi connectivity index (χ0) is 32.2. The number of halogens is 2. The molecule has 0 bridgehead atoms. The Bertz CT molecular complexity index is 1960. The third-order valence-electron chi connectivity index (χ3n) is 7.04. The first-order valence-corrected chi connectivity index (χ1v) is 15.6. The molecule has 0 spiro atoms. The monoisotopic (exact) mass is 668 g/mol. The van der Waals surface area contributed by atoms with Gasteiger partial charge in [-0.15, -0.1) is 10.2 Å². The van der Waals surface area contributed by atoms with E-state index in [4.69, 9.17) is 32.9 Å². The second-order valence-corrected chi connectivity index (χ2v) is 12.1. The normalized spacial score (nSPS) is 14.4. The molecule has 2 heterocycles. The van der Waals surface area contributed by atoms with Crippen LogP contribution < -0.4 is 4.90 Å². The van der Waals surface area contributed by atoms with E-state index in [0.29, 0.717) is 22.1 Å². The molecule has 1 fully saturated rings. The van der Waals surface area contributed by atoms with Crippen molar-refractivity contribution in [1.82, 2.24) is 15.2 Å². The lowest BCUT2D eigenvalue weighted by Crippen LogP contribution is -2.31. The number of rotatable bonds is 9. The molecule has 1 unspecified atom stereocenters. The van der Waals surface area contributed by atoms with Crippen LogP contribution in [0.1, 0.15) is 27.1 Å². The Morgan fingerprint density at radius 3 is 2.13 bits per heavy atom. The van der Waals surface area contributed by atoms with E-state index in [1.807, 2.05) is 60.7 Å². The van der Waals surface area contributed by atoms with Crippen molar-refractivity contribution < 1.29 is 23.9 Å². The van der Waals surface area contributed by atoms with Gasteiger partial charge in [-0.25, -0.2) is 14.7 Å². The van der Waals surface area contributed by atoms with E-state index >= 15 is 0 Å². The number of ether oxygens (including phenoxy) is 1. The van der Waals surface area contributed by atoms with Crippen molar-refractivity contribution in [1.29, 1.82) is 0 Å². The summed E-state index contributed by atoms with van der Waals surface area (Å²) < 4.78 is 5.15. The Morgan fingerprint density at radius 2 is 1.48 bits per heavy atom. The Hall–Kier alpha value is -4.90. The highest BCUT2D eigenvalue weighted by Gasteiger charge is 2.41. The van der Waals surface area contributed by atoms with E-state index in [1.54, 1.807) is 0 Å². The summed E-state index contributed by atoms with van der Waals surface area (Å²) in [5.41, 5.74) is 3.50. The number of ketones is 1. The maximum Gasteiger partial charge on any atom is 0.338 e. The van der Waals surface area contributed by atoms with Gasteiger partial charge < -0.3 is 4.74 Å². The van der Waals surface area contributed by atoms with E-state index in [9.17, 15) is 19.2 Å². The number of imide groups is 1. The number of amides is 2. The predicted octanol–water partition coefficient (Wildman–Crippen LogP) is 6.98. The number of hydrogen-bond acceptors (Lipinski definition) is 9. The average Bonchev–Trinajstić information content (AvgIpc) is 3.35. The van der Waals surface area contributed by atoms with Crippen molar-refractivity contribution in [2.45, 2.75) is 16.8 Å². The van der Waals surface area contributed by atoms with Crippen molar-refractivity contribution in [3.8, 4) is 22.5 Å². The van der Waals surface area contributed by atoms with E-state index < -0.39 is 35.4 Å². The number of benzene rings is 4. The zero-order valence-electron chi connectivity index (χ0n) is 23.8. The van der Waals surface area contributed by atoms with Crippen molar-refractivity contribution in [3.05, 3.63) is 124 Å². The van der Waals surface area contributed by atoms with E-state index in [0.717, 1.165) is 27.8 Å². The summed E-state index contributed by atoms with van der Waals surface area (Å²) in [5, 5.41) is 8.75. The summed E-state index contributed by atoms with van der Waals surface area (Å²) in [7, 11) is 0. The molecule has 228 valence electrons. The number of esters is 1. The van der Waals surface area contributed by atoms with Gasteiger partial charge in [0.15, 0.2) is 6.61 Å². The van der Waals surface area contributed by atoms with Crippen LogP contribution in [0.3, 0.4) is 0 Å². The van der Waals surface area contributed by atoms with Crippen molar-refractivity contribution in [2.75, 3.05) is 11.5 Å². The molecule has 6 rings (SSSR count). The summed E-state index contributed by atoms with van der Waals surface area (Å²) >= 11 is 13.0. The van der Waals surface area contributed by atoms with Crippen molar-refractivity contribution >= 4 is 64.2 Å². The quantitative estimate of drug-likeness (QED) is 0.0931. The molecular weight excluding hydrogens is 647 g/mol. The molecule has 1 aliphatic rings. The van der Waals surface area contributed by atoms with Crippen LogP contribution in [0.2, 0.25) is 10.0 Å². The maximum absolute atomic E-state index is 13.4. The molecule has 12 heteroatoms. The molecule has 2 amide bonds. The van der Waals surface area contributed by atoms with Gasteiger partial charge in [0.25, 0.3) is 0 Å². The summed E-state index contributed by atoms with van der Waals surface area (Å²) in [6.45, 7) is -0.529. The minimum absolute atomic E-state index is 0.0624. The zero-order valence-corrected chi connectivity index (χ0v) is 26.1. The number of nitrogens with zero attached hydrogens (tertiary/aromatic N) is 4.